The van der Waals surface area contributed by atoms with Gasteiger partial charge in [0.25, 0.3) is 0 Å². The minimum Gasteiger partial charge on any atom is -0.324 e. The maximum absolute atomic E-state index is 5.78. The summed E-state index contributed by atoms with van der Waals surface area (Å²) < 4.78 is 0. The van der Waals surface area contributed by atoms with Crippen molar-refractivity contribution in [1.82, 2.24) is 15.0 Å². The highest BCUT2D eigenvalue weighted by molar-refractivity contribution is 6.32. The quantitative estimate of drug-likeness (QED) is 0.419. The summed E-state index contributed by atoms with van der Waals surface area (Å²) in [4.78, 5) is 13.6. The molecule has 0 amide bonds. The molecule has 4 rings (SSSR count). The van der Waals surface area contributed by atoms with Crippen molar-refractivity contribution in [3.8, 4) is 0 Å². The molecule has 0 bridgehead atoms. The zero-order chi connectivity index (χ0) is 20.9. The molecule has 1 heterocycles. The Morgan fingerprint density at radius 2 is 1.00 bits per heavy atom. The van der Waals surface area contributed by atoms with Gasteiger partial charge in [0.15, 0.2) is 0 Å². The lowest BCUT2D eigenvalue weighted by atomic mass is 9.96. The molecule has 3 aromatic carbocycles. The van der Waals surface area contributed by atoms with Crippen molar-refractivity contribution in [2.45, 2.75) is 13.8 Å². The summed E-state index contributed by atoms with van der Waals surface area (Å²) in [6.07, 6.45) is 0. The predicted molar refractivity (Wildman–Crippen MR) is 124 cm³/mol. The Labute approximate surface area is 177 Å². The van der Waals surface area contributed by atoms with Crippen LogP contribution in [0.15, 0.2) is 72.8 Å². The molecule has 1 aromatic heterocycles. The van der Waals surface area contributed by atoms with Crippen LogP contribution >= 0.6 is 0 Å². The molecule has 0 aliphatic rings. The van der Waals surface area contributed by atoms with E-state index in [0.717, 1.165) is 28.2 Å². The number of benzene rings is 3. The summed E-state index contributed by atoms with van der Waals surface area (Å²) in [7, 11) is 5.78. The van der Waals surface area contributed by atoms with Crippen LogP contribution in [0.25, 0.3) is 0 Å². The van der Waals surface area contributed by atoms with Gasteiger partial charge in [-0.05, 0) is 61.4 Å². The fourth-order valence-electron chi connectivity index (χ4n) is 2.94. The van der Waals surface area contributed by atoms with Gasteiger partial charge in [-0.3, -0.25) is 0 Å². The first kappa shape index (κ1) is 19.5. The molecular formula is C23H21BN6. The van der Waals surface area contributed by atoms with E-state index in [1.54, 1.807) is 0 Å². The SMILES string of the molecule is [B]c1ccc(Nc2nc(Nc3cccc(C)c3)nc(Nc3cccc(C)c3)n2)cc1. The van der Waals surface area contributed by atoms with Crippen LogP contribution in [0.4, 0.5) is 34.9 Å². The molecule has 0 saturated carbocycles. The monoisotopic (exact) mass is 392 g/mol. The first-order valence-electron chi connectivity index (χ1n) is 9.59. The first-order valence-corrected chi connectivity index (χ1v) is 9.59. The van der Waals surface area contributed by atoms with Crippen molar-refractivity contribution >= 4 is 48.2 Å². The standard InChI is InChI=1S/C23H21BN6/c1-15-5-3-7-19(13-15)26-22-28-21(25-18-11-9-17(24)10-12-18)29-23(30-22)27-20-8-4-6-16(2)14-20/h3-14H,1-2H3,(H3,25,26,27,28,29,30). The third-order valence-electron chi connectivity index (χ3n) is 4.35. The van der Waals surface area contributed by atoms with Crippen LogP contribution < -0.4 is 21.4 Å². The van der Waals surface area contributed by atoms with E-state index in [1.165, 1.54) is 0 Å². The molecular weight excluding hydrogens is 371 g/mol. The van der Waals surface area contributed by atoms with Crippen molar-refractivity contribution in [1.29, 1.82) is 0 Å². The molecule has 146 valence electrons. The lowest BCUT2D eigenvalue weighted by Crippen LogP contribution is -2.08. The summed E-state index contributed by atoms with van der Waals surface area (Å²) in [6, 6.07) is 23.4. The largest absolute Gasteiger partial charge is 0.324 e. The van der Waals surface area contributed by atoms with Crippen LogP contribution in [-0.4, -0.2) is 22.8 Å². The van der Waals surface area contributed by atoms with Crippen molar-refractivity contribution in [2.75, 3.05) is 16.0 Å². The van der Waals surface area contributed by atoms with Gasteiger partial charge in [-0.25, -0.2) is 0 Å². The number of aromatic nitrogens is 3. The lowest BCUT2D eigenvalue weighted by Gasteiger charge is -2.12. The zero-order valence-electron chi connectivity index (χ0n) is 16.8. The number of rotatable bonds is 6. The number of anilines is 6. The van der Waals surface area contributed by atoms with Gasteiger partial charge in [0.1, 0.15) is 7.85 Å². The molecule has 0 aliphatic heterocycles. The molecule has 6 nitrogen and oxygen atoms in total. The molecule has 0 saturated heterocycles. The molecule has 2 radical (unpaired) electrons. The Bertz CT molecular complexity index is 1090. The van der Waals surface area contributed by atoms with Gasteiger partial charge in [-0.15, -0.1) is 0 Å². The highest BCUT2D eigenvalue weighted by Gasteiger charge is 2.09. The van der Waals surface area contributed by atoms with E-state index in [9.17, 15) is 0 Å². The smallest absolute Gasteiger partial charge is 0.233 e. The normalized spacial score (nSPS) is 10.5. The van der Waals surface area contributed by atoms with Crippen molar-refractivity contribution in [3.05, 3.63) is 83.9 Å². The predicted octanol–water partition coefficient (Wildman–Crippen LogP) is 4.51. The molecule has 3 N–H and O–H groups in total. The second-order valence-electron chi connectivity index (χ2n) is 7.04. The summed E-state index contributed by atoms with van der Waals surface area (Å²) >= 11 is 0. The maximum atomic E-state index is 5.78. The summed E-state index contributed by atoms with van der Waals surface area (Å²) in [6.45, 7) is 4.08. The minimum atomic E-state index is 0.417. The van der Waals surface area contributed by atoms with Gasteiger partial charge in [0.05, 0.1) is 0 Å². The second-order valence-corrected chi connectivity index (χ2v) is 7.04. The van der Waals surface area contributed by atoms with E-state index >= 15 is 0 Å². The Kier molecular flexibility index (Phi) is 5.61. The number of nitrogens with zero attached hydrogens (tertiary/aromatic N) is 3. The maximum Gasteiger partial charge on any atom is 0.233 e. The van der Waals surface area contributed by atoms with Crippen LogP contribution in [-0.2, 0) is 0 Å². The molecule has 0 spiro atoms. The number of nitrogens with one attached hydrogen (secondary N) is 3. The molecule has 7 heteroatoms. The molecule has 0 atom stereocenters. The van der Waals surface area contributed by atoms with E-state index in [1.807, 2.05) is 86.6 Å². The van der Waals surface area contributed by atoms with E-state index in [4.69, 9.17) is 7.85 Å². The fraction of sp³-hybridized carbons (Fsp3) is 0.0870. The molecule has 30 heavy (non-hydrogen) atoms. The van der Waals surface area contributed by atoms with Crippen LogP contribution in [0.1, 0.15) is 11.1 Å². The summed E-state index contributed by atoms with van der Waals surface area (Å²) in [5, 5.41) is 9.72. The van der Waals surface area contributed by atoms with Crippen molar-refractivity contribution in [2.24, 2.45) is 0 Å². The third-order valence-corrected chi connectivity index (χ3v) is 4.35. The molecule has 0 unspecified atom stereocenters. The average molecular weight is 392 g/mol. The van der Waals surface area contributed by atoms with E-state index < -0.39 is 0 Å². The minimum absolute atomic E-state index is 0.417. The Morgan fingerprint density at radius 1 is 0.567 bits per heavy atom. The highest BCUT2D eigenvalue weighted by Crippen LogP contribution is 2.21. The topological polar surface area (TPSA) is 74.8 Å². The van der Waals surface area contributed by atoms with Gasteiger partial charge in [-0.1, -0.05) is 41.9 Å². The third kappa shape index (κ3) is 5.14. The summed E-state index contributed by atoms with van der Waals surface area (Å²) in [5.41, 5.74) is 5.63. The molecule has 0 aliphatic carbocycles. The molecule has 0 fully saturated rings. The Balaban J connectivity index is 1.66. The Morgan fingerprint density at radius 3 is 1.43 bits per heavy atom. The van der Waals surface area contributed by atoms with Crippen LogP contribution in [0.3, 0.4) is 0 Å². The van der Waals surface area contributed by atoms with E-state index in [2.05, 4.69) is 30.9 Å². The van der Waals surface area contributed by atoms with Gasteiger partial charge in [0.2, 0.25) is 17.8 Å². The fourth-order valence-corrected chi connectivity index (χ4v) is 2.94. The zero-order valence-corrected chi connectivity index (χ0v) is 16.8. The van der Waals surface area contributed by atoms with Crippen LogP contribution in [0.5, 0.6) is 0 Å². The highest BCUT2D eigenvalue weighted by atomic mass is 15.3. The summed E-state index contributed by atoms with van der Waals surface area (Å²) in [5.74, 6) is 1.28. The second kappa shape index (κ2) is 8.65. The van der Waals surface area contributed by atoms with Crippen LogP contribution in [0, 0.1) is 13.8 Å². The van der Waals surface area contributed by atoms with Gasteiger partial charge in [0, 0.05) is 17.1 Å². The lowest BCUT2D eigenvalue weighted by molar-refractivity contribution is 1.06. The average Bonchev–Trinajstić information content (AvgIpc) is 2.70. The van der Waals surface area contributed by atoms with Gasteiger partial charge < -0.3 is 16.0 Å². The number of hydrogen-bond acceptors (Lipinski definition) is 6. The Hall–Kier alpha value is -3.87. The molecule has 4 aromatic rings. The van der Waals surface area contributed by atoms with Gasteiger partial charge >= 0.3 is 0 Å². The number of aryl methyl sites for hydroxylation is 2. The van der Waals surface area contributed by atoms with E-state index in [-0.39, 0.29) is 0 Å². The van der Waals surface area contributed by atoms with Gasteiger partial charge in [-0.2, -0.15) is 15.0 Å². The van der Waals surface area contributed by atoms with Crippen molar-refractivity contribution in [3.63, 3.8) is 0 Å². The van der Waals surface area contributed by atoms with E-state index in [0.29, 0.717) is 23.3 Å². The first-order chi connectivity index (χ1) is 14.5. The van der Waals surface area contributed by atoms with Crippen LogP contribution in [0.2, 0.25) is 0 Å². The van der Waals surface area contributed by atoms with Crippen molar-refractivity contribution < 1.29 is 0 Å². The number of hydrogen-bond donors (Lipinski definition) is 3.